The fourth-order valence-electron chi connectivity index (χ4n) is 4.56. The molecule has 2 saturated heterocycles. The SMILES string of the molecule is Nc1nc2c(ncn2[C@@H]2O[C@H](CO[P+](=O)O)[C@@H](OP(=O)(O)OC[C@H]3O[C@@H](n4ccc(=O)[nH]c4=O)[C@H](O)[C@@H]3O)[C@H]2O)c(=O)[nH]1. The number of hydrogen-bond donors (Lipinski definition) is 8. The number of aliphatic hydroxyl groups is 3. The van der Waals surface area contributed by atoms with Gasteiger partial charge in [0.2, 0.25) is 5.95 Å². The predicted molar refractivity (Wildman–Crippen MR) is 136 cm³/mol. The second kappa shape index (κ2) is 12.0. The van der Waals surface area contributed by atoms with E-state index in [9.17, 15) is 43.7 Å². The molecule has 0 saturated carbocycles. The molecule has 3 aromatic heterocycles. The van der Waals surface area contributed by atoms with Crippen molar-refractivity contribution in [1.29, 1.82) is 0 Å². The molecule has 24 heteroatoms. The van der Waals surface area contributed by atoms with Crippen LogP contribution in [0.5, 0.6) is 0 Å². The summed E-state index contributed by atoms with van der Waals surface area (Å²) < 4.78 is 51.6. The lowest BCUT2D eigenvalue weighted by Crippen LogP contribution is -2.37. The maximum atomic E-state index is 12.9. The molecule has 0 aliphatic carbocycles. The molecule has 0 amide bonds. The summed E-state index contributed by atoms with van der Waals surface area (Å²) in [6.07, 6.45) is -10.9. The Morgan fingerprint density at radius 1 is 1.05 bits per heavy atom. The van der Waals surface area contributed by atoms with Gasteiger partial charge in [0.05, 0.1) is 12.9 Å². The van der Waals surface area contributed by atoms with E-state index in [0.29, 0.717) is 0 Å². The van der Waals surface area contributed by atoms with Crippen LogP contribution in [0.2, 0.25) is 0 Å². The number of nitrogen functional groups attached to an aromatic ring is 1. The number of aliphatic hydroxyl groups excluding tert-OH is 3. The van der Waals surface area contributed by atoms with Crippen molar-refractivity contribution in [3.8, 4) is 0 Å². The Labute approximate surface area is 237 Å². The second-order valence-electron chi connectivity index (χ2n) is 9.26. The molecule has 5 rings (SSSR count). The van der Waals surface area contributed by atoms with Crippen LogP contribution in [0.25, 0.3) is 11.2 Å². The molecule has 0 bridgehead atoms. The fourth-order valence-corrected chi connectivity index (χ4v) is 5.80. The lowest BCUT2D eigenvalue weighted by Gasteiger charge is -2.23. The van der Waals surface area contributed by atoms with E-state index < -0.39 is 95.2 Å². The first-order valence-electron chi connectivity index (χ1n) is 12.1. The number of nitrogens with one attached hydrogen (secondary N) is 2. The minimum Gasteiger partial charge on any atom is -0.387 e. The number of rotatable bonds is 10. The number of nitrogens with zero attached hydrogens (tertiary/aromatic N) is 4. The van der Waals surface area contributed by atoms with E-state index in [2.05, 4.69) is 19.5 Å². The number of H-pyrrole nitrogens is 2. The molecule has 22 nitrogen and oxygen atoms in total. The summed E-state index contributed by atoms with van der Waals surface area (Å²) in [5.41, 5.74) is 2.87. The topological polar surface area (TPSA) is 326 Å². The zero-order valence-corrected chi connectivity index (χ0v) is 23.1. The van der Waals surface area contributed by atoms with Gasteiger partial charge in [-0.25, -0.2) is 14.3 Å². The standard InChI is InChI=1S/C19H23N7O15P2/c20-18-23-14-9(15(31)24-18)21-5-26(14)17-12(30)13(7(40-17)3-37-42(33)34)41-43(35,36)38-4-6-10(28)11(29)16(39-6)25-2-1-8(27)22-19(25)32/h1-2,5-7,10-13,16-17,28-30H,3-4H2,(H5-,20,22,23,24,27,31,32,33,34,35,36)/p+1/t6-,7-,10-,11-,12-,13-,16-,17-/m1/s1. The minimum atomic E-state index is -5.17. The third-order valence-electron chi connectivity index (χ3n) is 6.50. The molecule has 2 unspecified atom stereocenters. The molecule has 3 aromatic rings. The average Bonchev–Trinajstić information content (AvgIpc) is 3.56. The van der Waals surface area contributed by atoms with E-state index >= 15 is 0 Å². The summed E-state index contributed by atoms with van der Waals surface area (Å²) in [6.45, 7) is -1.60. The van der Waals surface area contributed by atoms with Gasteiger partial charge in [0.1, 0.15) is 43.2 Å². The largest absolute Gasteiger partial charge is 0.694 e. The van der Waals surface area contributed by atoms with Crippen LogP contribution in [0.3, 0.4) is 0 Å². The van der Waals surface area contributed by atoms with E-state index in [4.69, 9.17) is 29.1 Å². The van der Waals surface area contributed by atoms with Crippen LogP contribution in [-0.4, -0.2) is 104 Å². The zero-order valence-electron chi connectivity index (χ0n) is 21.3. The minimum absolute atomic E-state index is 0.135. The summed E-state index contributed by atoms with van der Waals surface area (Å²) in [5, 5.41) is 31.7. The molecule has 5 heterocycles. The summed E-state index contributed by atoms with van der Waals surface area (Å²) >= 11 is 0. The maximum absolute atomic E-state index is 12.9. The summed E-state index contributed by atoms with van der Waals surface area (Å²) in [6, 6.07) is 0.967. The molecule has 2 aliphatic rings. The van der Waals surface area contributed by atoms with Crippen LogP contribution in [0.1, 0.15) is 12.5 Å². The molecule has 0 radical (unpaired) electrons. The first kappa shape index (κ1) is 31.2. The molecule has 43 heavy (non-hydrogen) atoms. The van der Waals surface area contributed by atoms with Crippen LogP contribution in [0, 0.1) is 0 Å². The number of anilines is 1. The number of phosphoric ester groups is 1. The van der Waals surface area contributed by atoms with Gasteiger partial charge in [0.15, 0.2) is 23.6 Å². The molecule has 234 valence electrons. The highest BCUT2D eigenvalue weighted by Gasteiger charge is 2.51. The lowest BCUT2D eigenvalue weighted by atomic mass is 10.1. The van der Waals surface area contributed by atoms with Gasteiger partial charge in [-0.1, -0.05) is 0 Å². The highest BCUT2D eigenvalue weighted by atomic mass is 31.2. The smallest absolute Gasteiger partial charge is 0.387 e. The maximum Gasteiger partial charge on any atom is 0.694 e. The molecular formula is C19H24N7O15P2+. The van der Waals surface area contributed by atoms with E-state index in [0.717, 1.165) is 27.7 Å². The normalized spacial score (nSPS) is 31.0. The van der Waals surface area contributed by atoms with Crippen LogP contribution in [-0.2, 0) is 32.2 Å². The third kappa shape index (κ3) is 6.36. The monoisotopic (exact) mass is 652 g/mol. The number of nitrogens with two attached hydrogens (primary N) is 1. The Balaban J connectivity index is 1.31. The molecule has 9 N–H and O–H groups in total. The van der Waals surface area contributed by atoms with Gasteiger partial charge >= 0.3 is 21.8 Å². The molecule has 2 fully saturated rings. The van der Waals surface area contributed by atoms with Crippen LogP contribution in [0.4, 0.5) is 5.95 Å². The van der Waals surface area contributed by atoms with Crippen molar-refractivity contribution in [2.75, 3.05) is 18.9 Å². The summed E-state index contributed by atoms with van der Waals surface area (Å²) in [4.78, 5) is 67.0. The summed E-state index contributed by atoms with van der Waals surface area (Å²) in [5.74, 6) is -0.293. The van der Waals surface area contributed by atoms with E-state index in [1.165, 1.54) is 0 Å². The van der Waals surface area contributed by atoms with Gasteiger partial charge in [-0.2, -0.15) is 4.98 Å². The van der Waals surface area contributed by atoms with Gasteiger partial charge in [-0.15, -0.1) is 9.42 Å². The highest BCUT2D eigenvalue weighted by molar-refractivity contribution is 7.47. The second-order valence-corrected chi connectivity index (χ2v) is 11.4. The van der Waals surface area contributed by atoms with Gasteiger partial charge in [0.25, 0.3) is 11.1 Å². The van der Waals surface area contributed by atoms with Crippen LogP contribution >= 0.6 is 16.1 Å². The fraction of sp³-hybridized carbons (Fsp3) is 0.526. The Hall–Kier alpha value is -3.24. The number of aromatic nitrogens is 6. The van der Waals surface area contributed by atoms with Crippen molar-refractivity contribution in [2.24, 2.45) is 0 Å². The Morgan fingerprint density at radius 3 is 2.44 bits per heavy atom. The lowest BCUT2D eigenvalue weighted by molar-refractivity contribution is -0.0602. The van der Waals surface area contributed by atoms with Crippen LogP contribution in [0.15, 0.2) is 33.0 Å². The quantitative estimate of drug-likeness (QED) is 0.0977. The van der Waals surface area contributed by atoms with Crippen molar-refractivity contribution in [3.05, 3.63) is 49.8 Å². The molecular weight excluding hydrogens is 628 g/mol. The summed E-state index contributed by atoms with van der Waals surface area (Å²) in [7, 11) is -8.34. The number of hydrogen-bond acceptors (Lipinski definition) is 16. The zero-order chi connectivity index (χ0) is 31.2. The van der Waals surface area contributed by atoms with E-state index in [1.807, 2.05) is 4.98 Å². The first-order valence-corrected chi connectivity index (χ1v) is 14.7. The molecule has 2 aliphatic heterocycles. The first-order chi connectivity index (χ1) is 20.3. The van der Waals surface area contributed by atoms with Gasteiger partial charge in [-0.3, -0.25) is 37.7 Å². The molecule has 0 aromatic carbocycles. The predicted octanol–water partition coefficient (Wildman–Crippen LogP) is -3.70. The van der Waals surface area contributed by atoms with Crippen molar-refractivity contribution >= 4 is 33.2 Å². The number of ether oxygens (including phenoxy) is 2. The molecule has 0 spiro atoms. The van der Waals surface area contributed by atoms with Crippen molar-refractivity contribution < 1.29 is 57.3 Å². The van der Waals surface area contributed by atoms with E-state index in [1.54, 1.807) is 0 Å². The van der Waals surface area contributed by atoms with Crippen molar-refractivity contribution in [3.63, 3.8) is 0 Å². The van der Waals surface area contributed by atoms with Gasteiger partial charge < -0.3 is 35.4 Å². The average molecular weight is 652 g/mol. The number of aromatic amines is 2. The van der Waals surface area contributed by atoms with Crippen LogP contribution < -0.4 is 22.5 Å². The third-order valence-corrected chi connectivity index (χ3v) is 7.86. The number of phosphoric acid groups is 1. The Kier molecular flexibility index (Phi) is 8.73. The number of fused-ring (bicyclic) bond motifs is 1. The van der Waals surface area contributed by atoms with Gasteiger partial charge in [0, 0.05) is 16.8 Å². The van der Waals surface area contributed by atoms with Gasteiger partial charge in [-0.05, 0) is 0 Å². The Bertz CT molecular complexity index is 1740. The highest BCUT2D eigenvalue weighted by Crippen LogP contribution is 2.49. The van der Waals surface area contributed by atoms with Crippen molar-refractivity contribution in [2.45, 2.75) is 49.1 Å². The van der Waals surface area contributed by atoms with E-state index in [-0.39, 0.29) is 17.1 Å². The molecule has 10 atom stereocenters. The number of imidazole rings is 1. The van der Waals surface area contributed by atoms with Crippen molar-refractivity contribution in [1.82, 2.24) is 29.1 Å². The Morgan fingerprint density at radius 2 is 1.74 bits per heavy atom.